The van der Waals surface area contributed by atoms with E-state index in [1.807, 2.05) is 11.4 Å². The minimum Gasteiger partial charge on any atom is -0.495 e. The molecule has 1 aromatic carbocycles. The number of hydrogen-bond acceptors (Lipinski definition) is 3. The third-order valence-electron chi connectivity index (χ3n) is 2.95. The van der Waals surface area contributed by atoms with E-state index in [0.717, 1.165) is 21.3 Å². The first-order chi connectivity index (χ1) is 9.08. The molecule has 5 heteroatoms. The zero-order valence-corrected chi connectivity index (χ0v) is 13.8. The van der Waals surface area contributed by atoms with E-state index < -0.39 is 6.10 Å². The normalized spacial score (nSPS) is 12.5. The van der Waals surface area contributed by atoms with Gasteiger partial charge in [-0.1, -0.05) is 18.5 Å². The molecule has 0 saturated carbocycles. The Hall–Kier alpha value is -0.550. The average molecular weight is 362 g/mol. The van der Waals surface area contributed by atoms with Crippen LogP contribution in [0.5, 0.6) is 5.75 Å². The van der Waals surface area contributed by atoms with Crippen LogP contribution < -0.4 is 4.74 Å². The summed E-state index contributed by atoms with van der Waals surface area (Å²) in [7, 11) is 1.58. The van der Waals surface area contributed by atoms with E-state index in [2.05, 4.69) is 22.9 Å². The van der Waals surface area contributed by atoms with Crippen molar-refractivity contribution < 1.29 is 9.84 Å². The van der Waals surface area contributed by atoms with Crippen LogP contribution in [0.1, 0.15) is 29.0 Å². The fourth-order valence-electron chi connectivity index (χ4n) is 2.02. The zero-order chi connectivity index (χ0) is 14.0. The van der Waals surface area contributed by atoms with Crippen LogP contribution in [0.4, 0.5) is 0 Å². The Morgan fingerprint density at radius 2 is 2.21 bits per heavy atom. The van der Waals surface area contributed by atoms with E-state index in [-0.39, 0.29) is 0 Å². The number of benzene rings is 1. The molecule has 1 N–H and O–H groups in total. The van der Waals surface area contributed by atoms with Crippen molar-refractivity contribution in [2.45, 2.75) is 19.4 Å². The maximum Gasteiger partial charge on any atom is 0.139 e. The second-order valence-electron chi connectivity index (χ2n) is 4.08. The smallest absolute Gasteiger partial charge is 0.139 e. The SMILES string of the molecule is CCc1ccsc1C(O)c1cc(Cl)cc(Br)c1OC. The van der Waals surface area contributed by atoms with Crippen LogP contribution in [0.25, 0.3) is 0 Å². The van der Waals surface area contributed by atoms with Crippen LogP contribution >= 0.6 is 38.9 Å². The minimum absolute atomic E-state index is 0.566. The van der Waals surface area contributed by atoms with Crippen molar-refractivity contribution in [3.63, 3.8) is 0 Å². The standard InChI is InChI=1S/C14H14BrClO2S/c1-3-8-4-5-19-14(8)12(17)10-6-9(16)7-11(15)13(10)18-2/h4-7,12,17H,3H2,1-2H3. The lowest BCUT2D eigenvalue weighted by Gasteiger charge is -2.17. The van der Waals surface area contributed by atoms with Gasteiger partial charge >= 0.3 is 0 Å². The molecule has 0 fully saturated rings. The summed E-state index contributed by atoms with van der Waals surface area (Å²) >= 11 is 11.0. The number of thiophene rings is 1. The number of aliphatic hydroxyl groups is 1. The van der Waals surface area contributed by atoms with E-state index >= 15 is 0 Å². The van der Waals surface area contributed by atoms with E-state index in [4.69, 9.17) is 16.3 Å². The van der Waals surface area contributed by atoms with Gasteiger partial charge < -0.3 is 9.84 Å². The van der Waals surface area contributed by atoms with Gasteiger partial charge in [0.15, 0.2) is 0 Å². The molecule has 2 rings (SSSR count). The van der Waals surface area contributed by atoms with Gasteiger partial charge in [0.1, 0.15) is 11.9 Å². The predicted octanol–water partition coefficient (Wildman–Crippen LogP) is 4.82. The highest BCUT2D eigenvalue weighted by molar-refractivity contribution is 9.10. The topological polar surface area (TPSA) is 29.5 Å². The summed E-state index contributed by atoms with van der Waals surface area (Å²) in [4.78, 5) is 0.940. The molecule has 0 radical (unpaired) electrons. The van der Waals surface area contributed by atoms with Crippen molar-refractivity contribution in [1.29, 1.82) is 0 Å². The molecule has 0 saturated heterocycles. The molecule has 1 aromatic heterocycles. The van der Waals surface area contributed by atoms with Crippen LogP contribution in [-0.4, -0.2) is 12.2 Å². The Kier molecular flexibility index (Phi) is 4.90. The van der Waals surface area contributed by atoms with E-state index in [1.54, 1.807) is 30.6 Å². The molecule has 2 nitrogen and oxygen atoms in total. The first-order valence-electron chi connectivity index (χ1n) is 5.85. The summed E-state index contributed by atoms with van der Waals surface area (Å²) in [5.41, 5.74) is 1.83. The summed E-state index contributed by atoms with van der Waals surface area (Å²) in [6.45, 7) is 2.07. The average Bonchev–Trinajstić information content (AvgIpc) is 2.85. The lowest BCUT2D eigenvalue weighted by Crippen LogP contribution is -2.03. The first kappa shape index (κ1) is 14.9. The van der Waals surface area contributed by atoms with Crippen molar-refractivity contribution in [2.24, 2.45) is 0 Å². The number of methoxy groups -OCH3 is 1. The second-order valence-corrected chi connectivity index (χ2v) is 6.31. The summed E-state index contributed by atoms with van der Waals surface area (Å²) < 4.78 is 6.10. The number of aliphatic hydroxyl groups excluding tert-OH is 1. The molecule has 2 aromatic rings. The molecule has 0 bridgehead atoms. The minimum atomic E-state index is -0.722. The molecule has 0 spiro atoms. The Morgan fingerprint density at radius 1 is 1.47 bits per heavy atom. The number of rotatable bonds is 4. The third kappa shape index (κ3) is 2.97. The number of halogens is 2. The van der Waals surface area contributed by atoms with Gasteiger partial charge in [-0.25, -0.2) is 0 Å². The van der Waals surface area contributed by atoms with Crippen LogP contribution in [0.2, 0.25) is 5.02 Å². The molecule has 1 atom stereocenters. The van der Waals surface area contributed by atoms with E-state index in [0.29, 0.717) is 16.3 Å². The summed E-state index contributed by atoms with van der Waals surface area (Å²) in [5.74, 6) is 0.618. The van der Waals surface area contributed by atoms with Crippen LogP contribution in [0.15, 0.2) is 28.1 Å². The fourth-order valence-corrected chi connectivity index (χ4v) is 4.01. The lowest BCUT2D eigenvalue weighted by atomic mass is 10.0. The van der Waals surface area contributed by atoms with Gasteiger partial charge in [-0.15, -0.1) is 11.3 Å². The Balaban J connectivity index is 2.52. The molecule has 0 aliphatic heterocycles. The van der Waals surface area contributed by atoms with Gasteiger partial charge in [0.05, 0.1) is 11.6 Å². The summed E-state index contributed by atoms with van der Waals surface area (Å²) in [6, 6.07) is 5.54. The van der Waals surface area contributed by atoms with Crippen molar-refractivity contribution in [3.8, 4) is 5.75 Å². The van der Waals surface area contributed by atoms with E-state index in [1.165, 1.54) is 0 Å². The molecular weight excluding hydrogens is 348 g/mol. The van der Waals surface area contributed by atoms with Crippen LogP contribution in [0, 0.1) is 0 Å². The Labute approximate surface area is 130 Å². The monoisotopic (exact) mass is 360 g/mol. The van der Waals surface area contributed by atoms with Gasteiger partial charge in [-0.05, 0) is 51.5 Å². The molecule has 19 heavy (non-hydrogen) atoms. The highest BCUT2D eigenvalue weighted by atomic mass is 79.9. The number of hydrogen-bond donors (Lipinski definition) is 1. The Morgan fingerprint density at radius 3 is 2.84 bits per heavy atom. The molecule has 1 heterocycles. The highest BCUT2D eigenvalue weighted by Gasteiger charge is 2.21. The maximum atomic E-state index is 10.6. The molecule has 0 aliphatic rings. The third-order valence-corrected chi connectivity index (χ3v) is 4.76. The zero-order valence-electron chi connectivity index (χ0n) is 10.6. The summed E-state index contributed by atoms with van der Waals surface area (Å²) in [5, 5.41) is 13.2. The fraction of sp³-hybridized carbons (Fsp3) is 0.286. The molecule has 0 amide bonds. The van der Waals surface area contributed by atoms with E-state index in [9.17, 15) is 5.11 Å². The quantitative estimate of drug-likeness (QED) is 0.846. The van der Waals surface area contributed by atoms with Crippen molar-refractivity contribution in [2.75, 3.05) is 7.11 Å². The maximum absolute atomic E-state index is 10.6. The van der Waals surface area contributed by atoms with Gasteiger partial charge in [-0.2, -0.15) is 0 Å². The van der Waals surface area contributed by atoms with Crippen molar-refractivity contribution >= 4 is 38.9 Å². The molecular formula is C14H14BrClO2S. The summed E-state index contributed by atoms with van der Waals surface area (Å²) in [6.07, 6.45) is 0.167. The molecule has 0 aliphatic carbocycles. The Bertz CT molecular complexity index is 583. The van der Waals surface area contributed by atoms with Crippen molar-refractivity contribution in [1.82, 2.24) is 0 Å². The van der Waals surface area contributed by atoms with Gasteiger partial charge in [0.25, 0.3) is 0 Å². The highest BCUT2D eigenvalue weighted by Crippen LogP contribution is 2.40. The molecule has 1 unspecified atom stereocenters. The molecule has 102 valence electrons. The first-order valence-corrected chi connectivity index (χ1v) is 7.90. The lowest BCUT2D eigenvalue weighted by molar-refractivity contribution is 0.217. The number of aryl methyl sites for hydroxylation is 1. The van der Waals surface area contributed by atoms with Gasteiger partial charge in [0, 0.05) is 15.5 Å². The largest absolute Gasteiger partial charge is 0.495 e. The van der Waals surface area contributed by atoms with Gasteiger partial charge in [-0.3, -0.25) is 0 Å². The van der Waals surface area contributed by atoms with Crippen LogP contribution in [0.3, 0.4) is 0 Å². The second kappa shape index (κ2) is 6.27. The van der Waals surface area contributed by atoms with Gasteiger partial charge in [0.2, 0.25) is 0 Å². The van der Waals surface area contributed by atoms with Crippen molar-refractivity contribution in [3.05, 3.63) is 49.1 Å². The van der Waals surface area contributed by atoms with Crippen LogP contribution in [-0.2, 0) is 6.42 Å². The predicted molar refractivity (Wildman–Crippen MR) is 83.5 cm³/mol. The number of ether oxygens (including phenoxy) is 1.